The number of ether oxygens (including phenoxy) is 2. The number of methoxy groups -OCH3 is 1. The van der Waals surface area contributed by atoms with E-state index in [0.29, 0.717) is 36.2 Å². The number of nitriles is 1. The summed E-state index contributed by atoms with van der Waals surface area (Å²) >= 11 is 3.22. The highest BCUT2D eigenvalue weighted by atomic mass is 79.9. The van der Waals surface area contributed by atoms with E-state index in [9.17, 15) is 9.90 Å². The lowest BCUT2D eigenvalue weighted by molar-refractivity contribution is -0.117. The summed E-state index contributed by atoms with van der Waals surface area (Å²) in [7, 11) is 1.58. The molecule has 0 saturated carbocycles. The Labute approximate surface area is 143 Å². The molecule has 0 bridgehead atoms. The largest absolute Gasteiger partial charge is 0.503 e. The van der Waals surface area contributed by atoms with Crippen LogP contribution in [0.3, 0.4) is 0 Å². The number of carbonyl (C=O) groups excluding carboxylic acids is 1. The molecule has 1 rings (SSSR count). The zero-order chi connectivity index (χ0) is 17.2. The molecular weight excluding hydrogens is 364 g/mol. The minimum atomic E-state index is -0.453. The average molecular weight is 383 g/mol. The number of amides is 1. The van der Waals surface area contributed by atoms with Crippen LogP contribution >= 0.6 is 15.9 Å². The average Bonchev–Trinajstić information content (AvgIpc) is 2.53. The van der Waals surface area contributed by atoms with Crippen molar-refractivity contribution in [2.75, 3.05) is 26.9 Å². The molecule has 2 N–H and O–H groups in total. The van der Waals surface area contributed by atoms with Crippen LogP contribution in [0.2, 0.25) is 0 Å². The number of aromatic hydroxyl groups is 1. The highest BCUT2D eigenvalue weighted by molar-refractivity contribution is 9.10. The van der Waals surface area contributed by atoms with Gasteiger partial charge in [0.05, 0.1) is 11.1 Å². The Hall–Kier alpha value is -2.04. The molecule has 0 aromatic heterocycles. The topological polar surface area (TPSA) is 91.6 Å². The molecule has 0 aliphatic heterocycles. The first-order valence-corrected chi connectivity index (χ1v) is 7.87. The van der Waals surface area contributed by atoms with Gasteiger partial charge in [-0.05, 0) is 53.0 Å². The maximum absolute atomic E-state index is 12.0. The summed E-state index contributed by atoms with van der Waals surface area (Å²) in [5, 5.41) is 21.7. The van der Waals surface area contributed by atoms with Gasteiger partial charge in [-0.15, -0.1) is 0 Å². The van der Waals surface area contributed by atoms with Gasteiger partial charge in [-0.1, -0.05) is 0 Å². The van der Waals surface area contributed by atoms with Gasteiger partial charge in [0.2, 0.25) is 0 Å². The summed E-state index contributed by atoms with van der Waals surface area (Å²) in [6, 6.07) is 5.05. The number of phenols is 1. The van der Waals surface area contributed by atoms with Crippen LogP contribution in [0.15, 0.2) is 22.2 Å². The number of hydrogen-bond donors (Lipinski definition) is 2. The molecule has 0 spiro atoms. The van der Waals surface area contributed by atoms with Crippen LogP contribution < -0.4 is 10.1 Å². The van der Waals surface area contributed by atoms with Crippen molar-refractivity contribution in [3.05, 3.63) is 27.7 Å². The zero-order valence-corrected chi connectivity index (χ0v) is 14.6. The van der Waals surface area contributed by atoms with E-state index >= 15 is 0 Å². The number of nitrogens with one attached hydrogen (secondary N) is 1. The Morgan fingerprint density at radius 1 is 1.52 bits per heavy atom. The van der Waals surface area contributed by atoms with Crippen LogP contribution in [0.4, 0.5) is 0 Å². The second kappa shape index (κ2) is 9.87. The number of halogens is 1. The Balaban J connectivity index is 2.93. The minimum absolute atomic E-state index is 0.0217. The van der Waals surface area contributed by atoms with Gasteiger partial charge in [-0.2, -0.15) is 5.26 Å². The van der Waals surface area contributed by atoms with Gasteiger partial charge >= 0.3 is 0 Å². The van der Waals surface area contributed by atoms with E-state index in [4.69, 9.17) is 14.7 Å². The van der Waals surface area contributed by atoms with Crippen molar-refractivity contribution in [2.24, 2.45) is 0 Å². The van der Waals surface area contributed by atoms with Gasteiger partial charge in [0.25, 0.3) is 5.91 Å². The Kier molecular flexibility index (Phi) is 8.16. The van der Waals surface area contributed by atoms with Crippen molar-refractivity contribution in [3.63, 3.8) is 0 Å². The van der Waals surface area contributed by atoms with E-state index < -0.39 is 5.91 Å². The maximum atomic E-state index is 12.0. The van der Waals surface area contributed by atoms with Crippen LogP contribution in [0.1, 0.15) is 18.9 Å². The highest BCUT2D eigenvalue weighted by Gasteiger charge is 2.12. The van der Waals surface area contributed by atoms with E-state index in [2.05, 4.69) is 21.2 Å². The van der Waals surface area contributed by atoms with Crippen LogP contribution in [-0.4, -0.2) is 37.9 Å². The van der Waals surface area contributed by atoms with E-state index in [1.807, 2.05) is 6.07 Å². The highest BCUT2D eigenvalue weighted by Crippen LogP contribution is 2.36. The minimum Gasteiger partial charge on any atom is -0.503 e. The maximum Gasteiger partial charge on any atom is 0.261 e. The summed E-state index contributed by atoms with van der Waals surface area (Å²) < 4.78 is 10.6. The fourth-order valence-electron chi connectivity index (χ4n) is 1.77. The van der Waals surface area contributed by atoms with Crippen molar-refractivity contribution in [1.29, 1.82) is 5.26 Å². The number of phenolic OH excluding ortho intramolecular Hbond substituents is 1. The molecule has 7 heteroatoms. The molecule has 0 saturated heterocycles. The van der Waals surface area contributed by atoms with Crippen molar-refractivity contribution in [1.82, 2.24) is 5.32 Å². The number of carbonyl (C=O) groups is 1. The number of rotatable bonds is 8. The van der Waals surface area contributed by atoms with Gasteiger partial charge in [0.1, 0.15) is 11.6 Å². The molecule has 1 aromatic rings. The monoisotopic (exact) mass is 382 g/mol. The predicted molar refractivity (Wildman–Crippen MR) is 90.1 cm³/mol. The Morgan fingerprint density at radius 3 is 2.87 bits per heavy atom. The Bertz CT molecular complexity index is 623. The quantitative estimate of drug-likeness (QED) is 0.409. The van der Waals surface area contributed by atoms with Crippen LogP contribution in [0.5, 0.6) is 11.5 Å². The van der Waals surface area contributed by atoms with E-state index in [1.165, 1.54) is 6.08 Å². The normalized spacial score (nSPS) is 11.0. The van der Waals surface area contributed by atoms with Crippen molar-refractivity contribution in [3.8, 4) is 17.6 Å². The molecule has 0 radical (unpaired) electrons. The van der Waals surface area contributed by atoms with Crippen LogP contribution in [-0.2, 0) is 9.53 Å². The van der Waals surface area contributed by atoms with E-state index in [-0.39, 0.29) is 17.1 Å². The fourth-order valence-corrected chi connectivity index (χ4v) is 2.23. The lowest BCUT2D eigenvalue weighted by Gasteiger charge is -2.09. The first kappa shape index (κ1) is 19.0. The standard InChI is InChI=1S/C16H19BrN2O4/c1-3-23-14-9-11(8-13(17)15(14)20)7-12(10-18)16(21)19-5-4-6-22-2/h7-9,20H,3-6H2,1-2H3,(H,19,21)/b12-7+. The molecule has 1 aromatic carbocycles. The van der Waals surface area contributed by atoms with Crippen LogP contribution in [0, 0.1) is 11.3 Å². The molecule has 23 heavy (non-hydrogen) atoms. The summed E-state index contributed by atoms with van der Waals surface area (Å²) in [5.41, 5.74) is 0.546. The van der Waals surface area contributed by atoms with Crippen molar-refractivity contribution in [2.45, 2.75) is 13.3 Å². The number of hydrogen-bond acceptors (Lipinski definition) is 5. The molecule has 1 amide bonds. The van der Waals surface area contributed by atoms with Gasteiger partial charge in [0, 0.05) is 20.3 Å². The third-order valence-corrected chi connectivity index (χ3v) is 3.44. The smallest absolute Gasteiger partial charge is 0.261 e. The van der Waals surface area contributed by atoms with E-state index in [0.717, 1.165) is 0 Å². The lowest BCUT2D eigenvalue weighted by atomic mass is 10.1. The molecule has 0 aliphatic carbocycles. The molecular formula is C16H19BrN2O4. The second-order valence-electron chi connectivity index (χ2n) is 4.55. The van der Waals surface area contributed by atoms with Gasteiger partial charge < -0.3 is 19.9 Å². The molecule has 0 fully saturated rings. The predicted octanol–water partition coefficient (Wildman–Crippen LogP) is 2.61. The van der Waals surface area contributed by atoms with Crippen molar-refractivity contribution >= 4 is 27.9 Å². The van der Waals surface area contributed by atoms with Gasteiger partial charge in [-0.3, -0.25) is 4.79 Å². The number of benzene rings is 1. The van der Waals surface area contributed by atoms with E-state index in [1.54, 1.807) is 26.2 Å². The molecule has 6 nitrogen and oxygen atoms in total. The summed E-state index contributed by atoms with van der Waals surface area (Å²) in [6.07, 6.45) is 2.11. The first-order valence-electron chi connectivity index (χ1n) is 7.07. The molecule has 0 atom stereocenters. The SMILES string of the molecule is CCOc1cc(/C=C(\C#N)C(=O)NCCCOC)cc(Br)c1O. The summed E-state index contributed by atoms with van der Waals surface area (Å²) in [5.74, 6) is -0.191. The first-order chi connectivity index (χ1) is 11.0. The molecule has 0 unspecified atom stereocenters. The third-order valence-electron chi connectivity index (χ3n) is 2.84. The fraction of sp³-hybridized carbons (Fsp3) is 0.375. The molecule has 0 heterocycles. The second-order valence-corrected chi connectivity index (χ2v) is 5.41. The summed E-state index contributed by atoms with van der Waals surface area (Å²) in [6.45, 7) is 3.14. The third kappa shape index (κ3) is 5.93. The number of nitrogens with zero attached hydrogens (tertiary/aromatic N) is 1. The Morgan fingerprint density at radius 2 is 2.26 bits per heavy atom. The van der Waals surface area contributed by atoms with Gasteiger partial charge in [-0.25, -0.2) is 0 Å². The molecule has 0 aliphatic rings. The zero-order valence-electron chi connectivity index (χ0n) is 13.1. The summed E-state index contributed by atoms with van der Waals surface area (Å²) in [4.78, 5) is 12.0. The van der Waals surface area contributed by atoms with Crippen LogP contribution in [0.25, 0.3) is 6.08 Å². The lowest BCUT2D eigenvalue weighted by Crippen LogP contribution is -2.26. The van der Waals surface area contributed by atoms with Gasteiger partial charge in [0.15, 0.2) is 11.5 Å². The van der Waals surface area contributed by atoms with Crippen molar-refractivity contribution < 1.29 is 19.4 Å². The molecule has 124 valence electrons.